The number of fused-ring (bicyclic) bond motifs is 1. The molecule has 2 aromatic heterocycles. The quantitative estimate of drug-likeness (QED) is 0.695. The van der Waals surface area contributed by atoms with Gasteiger partial charge in [-0.2, -0.15) is 4.52 Å². The Kier molecular flexibility index (Phi) is 4.79. The molecule has 3 heterocycles. The van der Waals surface area contributed by atoms with Crippen LogP contribution in [0.1, 0.15) is 35.1 Å². The number of aromatic hydroxyl groups is 1. The lowest BCUT2D eigenvalue weighted by molar-refractivity contribution is -0.123. The molecule has 1 unspecified atom stereocenters. The first-order valence-electron chi connectivity index (χ1n) is 8.78. The van der Waals surface area contributed by atoms with Gasteiger partial charge < -0.3 is 10.8 Å². The molecule has 0 saturated carbocycles. The predicted molar refractivity (Wildman–Crippen MR) is 104 cm³/mol. The highest BCUT2D eigenvalue weighted by atomic mass is 35.5. The number of aryl methyl sites for hydroxylation is 1. The van der Waals surface area contributed by atoms with Gasteiger partial charge in [0.2, 0.25) is 16.7 Å². The highest BCUT2D eigenvalue weighted by Crippen LogP contribution is 2.41. The summed E-state index contributed by atoms with van der Waals surface area (Å²) in [7, 11) is 0. The summed E-state index contributed by atoms with van der Waals surface area (Å²) in [4.78, 5) is 19.6. The fourth-order valence-electron chi connectivity index (χ4n) is 3.64. The van der Waals surface area contributed by atoms with Gasteiger partial charge in [0.25, 0.3) is 0 Å². The van der Waals surface area contributed by atoms with Gasteiger partial charge in [-0.05, 0) is 50.6 Å². The standard InChI is InChI=1S/C18H20ClN5O2S/c1-10-21-18-24(22-10)17(26)15(27-18)14(11-2-4-13(19)5-3-11)23-8-6-12(7-9-23)16(20)25/h2-5,12,14,26H,6-9H2,1H3,(H2,20,25). The van der Waals surface area contributed by atoms with E-state index in [-0.39, 0.29) is 23.7 Å². The van der Waals surface area contributed by atoms with Crippen LogP contribution in [0, 0.1) is 12.8 Å². The monoisotopic (exact) mass is 405 g/mol. The highest BCUT2D eigenvalue weighted by molar-refractivity contribution is 7.17. The molecular weight excluding hydrogens is 386 g/mol. The van der Waals surface area contributed by atoms with Crippen LogP contribution in [0.25, 0.3) is 4.96 Å². The number of halogens is 1. The number of nitrogens with two attached hydrogens (primary N) is 1. The molecule has 0 spiro atoms. The van der Waals surface area contributed by atoms with E-state index in [4.69, 9.17) is 17.3 Å². The van der Waals surface area contributed by atoms with Crippen molar-refractivity contribution in [2.24, 2.45) is 11.7 Å². The third-order valence-electron chi connectivity index (χ3n) is 5.04. The van der Waals surface area contributed by atoms with Crippen LogP contribution in [0.15, 0.2) is 24.3 Å². The summed E-state index contributed by atoms with van der Waals surface area (Å²) < 4.78 is 1.48. The molecule has 0 aliphatic carbocycles. The molecule has 1 atom stereocenters. The van der Waals surface area contributed by atoms with Crippen LogP contribution < -0.4 is 5.73 Å². The average Bonchev–Trinajstić information content (AvgIpc) is 3.15. The van der Waals surface area contributed by atoms with Gasteiger partial charge in [0, 0.05) is 10.9 Å². The molecule has 27 heavy (non-hydrogen) atoms. The van der Waals surface area contributed by atoms with Crippen molar-refractivity contribution in [1.29, 1.82) is 0 Å². The summed E-state index contributed by atoms with van der Waals surface area (Å²) in [5.41, 5.74) is 6.49. The number of nitrogens with zero attached hydrogens (tertiary/aromatic N) is 4. The number of benzene rings is 1. The summed E-state index contributed by atoms with van der Waals surface area (Å²) in [6.07, 6.45) is 1.42. The molecule has 1 aromatic carbocycles. The maximum atomic E-state index is 11.5. The average molecular weight is 406 g/mol. The number of primary amides is 1. The van der Waals surface area contributed by atoms with Crippen LogP contribution >= 0.6 is 22.9 Å². The molecule has 1 aliphatic heterocycles. The van der Waals surface area contributed by atoms with Gasteiger partial charge in [0.15, 0.2) is 0 Å². The third-order valence-corrected chi connectivity index (χ3v) is 6.36. The van der Waals surface area contributed by atoms with Crippen molar-refractivity contribution >= 4 is 33.8 Å². The second-order valence-corrected chi connectivity index (χ2v) is 8.26. The van der Waals surface area contributed by atoms with E-state index in [1.807, 2.05) is 24.3 Å². The smallest absolute Gasteiger partial charge is 0.230 e. The number of amides is 1. The van der Waals surface area contributed by atoms with Crippen molar-refractivity contribution in [3.05, 3.63) is 45.6 Å². The lowest BCUT2D eigenvalue weighted by Crippen LogP contribution is -2.40. The van der Waals surface area contributed by atoms with Crippen molar-refractivity contribution < 1.29 is 9.90 Å². The molecule has 3 N–H and O–H groups in total. The minimum absolute atomic E-state index is 0.0920. The van der Waals surface area contributed by atoms with Crippen molar-refractivity contribution in [3.8, 4) is 5.88 Å². The summed E-state index contributed by atoms with van der Waals surface area (Å²) >= 11 is 7.49. The van der Waals surface area contributed by atoms with Gasteiger partial charge in [-0.25, -0.2) is 4.98 Å². The number of carbonyl (C=O) groups excluding carboxylic acids is 1. The Hall–Kier alpha value is -2.16. The normalized spacial score (nSPS) is 17.4. The van der Waals surface area contributed by atoms with E-state index in [2.05, 4.69) is 15.0 Å². The first kappa shape index (κ1) is 18.2. The summed E-state index contributed by atoms with van der Waals surface area (Å²) in [6.45, 7) is 3.23. The molecule has 1 amide bonds. The van der Waals surface area contributed by atoms with E-state index in [9.17, 15) is 9.90 Å². The Morgan fingerprint density at radius 1 is 1.33 bits per heavy atom. The first-order chi connectivity index (χ1) is 12.9. The zero-order valence-corrected chi connectivity index (χ0v) is 16.4. The fourth-order valence-corrected chi connectivity index (χ4v) is 4.93. The number of likely N-dealkylation sites (tertiary alicyclic amines) is 1. The molecule has 0 radical (unpaired) electrons. The summed E-state index contributed by atoms with van der Waals surface area (Å²) in [5.74, 6) is 0.390. The van der Waals surface area contributed by atoms with Crippen LogP contribution in [0.4, 0.5) is 0 Å². The lowest BCUT2D eigenvalue weighted by Gasteiger charge is -2.36. The highest BCUT2D eigenvalue weighted by Gasteiger charge is 2.33. The van der Waals surface area contributed by atoms with Gasteiger partial charge in [-0.15, -0.1) is 5.10 Å². The molecular formula is C18H20ClN5O2S. The maximum absolute atomic E-state index is 11.5. The van der Waals surface area contributed by atoms with E-state index >= 15 is 0 Å². The number of rotatable bonds is 4. The molecule has 0 bridgehead atoms. The SMILES string of the molecule is Cc1nc2sc(C(c3ccc(Cl)cc3)N3CCC(C(N)=O)CC3)c(O)n2n1. The molecule has 7 nitrogen and oxygen atoms in total. The number of aromatic nitrogens is 3. The third kappa shape index (κ3) is 3.40. The zero-order valence-electron chi connectivity index (χ0n) is 14.8. The van der Waals surface area contributed by atoms with Crippen molar-refractivity contribution in [3.63, 3.8) is 0 Å². The second-order valence-electron chi connectivity index (χ2n) is 6.81. The van der Waals surface area contributed by atoms with E-state index in [1.165, 1.54) is 15.9 Å². The zero-order chi connectivity index (χ0) is 19.1. The molecule has 1 aliphatic rings. The Bertz CT molecular complexity index is 976. The van der Waals surface area contributed by atoms with Crippen LogP contribution in [0.2, 0.25) is 5.02 Å². The Labute approximate surface area is 165 Å². The topological polar surface area (TPSA) is 96.8 Å². The molecule has 1 fully saturated rings. The van der Waals surface area contributed by atoms with E-state index in [1.54, 1.807) is 6.92 Å². The predicted octanol–water partition coefficient (Wildman–Crippen LogP) is 2.74. The van der Waals surface area contributed by atoms with Gasteiger partial charge >= 0.3 is 0 Å². The van der Waals surface area contributed by atoms with E-state index in [0.717, 1.165) is 10.4 Å². The minimum Gasteiger partial charge on any atom is -0.492 e. The van der Waals surface area contributed by atoms with Crippen LogP contribution in [0.3, 0.4) is 0 Å². The van der Waals surface area contributed by atoms with E-state index < -0.39 is 0 Å². The van der Waals surface area contributed by atoms with Gasteiger partial charge in [-0.1, -0.05) is 35.1 Å². The Balaban J connectivity index is 1.74. The Morgan fingerprint density at radius 3 is 2.59 bits per heavy atom. The number of carbonyl (C=O) groups is 1. The molecule has 9 heteroatoms. The fraction of sp³-hybridized carbons (Fsp3) is 0.389. The lowest BCUT2D eigenvalue weighted by atomic mass is 9.93. The number of hydrogen-bond donors (Lipinski definition) is 2. The summed E-state index contributed by atoms with van der Waals surface area (Å²) in [5, 5.41) is 15.7. The van der Waals surface area contributed by atoms with Gasteiger partial charge in [-0.3, -0.25) is 9.69 Å². The van der Waals surface area contributed by atoms with Gasteiger partial charge in [0.1, 0.15) is 5.82 Å². The number of piperidine rings is 1. The maximum Gasteiger partial charge on any atom is 0.230 e. The second kappa shape index (κ2) is 7.10. The van der Waals surface area contributed by atoms with Crippen LogP contribution in [0.5, 0.6) is 5.88 Å². The number of thiazole rings is 1. The van der Waals surface area contributed by atoms with Crippen LogP contribution in [-0.4, -0.2) is 43.6 Å². The molecule has 1 saturated heterocycles. The van der Waals surface area contributed by atoms with Crippen molar-refractivity contribution in [2.45, 2.75) is 25.8 Å². The summed E-state index contributed by atoms with van der Waals surface area (Å²) in [6, 6.07) is 7.46. The number of hydrogen-bond acceptors (Lipinski definition) is 6. The largest absolute Gasteiger partial charge is 0.492 e. The van der Waals surface area contributed by atoms with Gasteiger partial charge in [0.05, 0.1) is 10.9 Å². The van der Waals surface area contributed by atoms with Crippen molar-refractivity contribution in [2.75, 3.05) is 13.1 Å². The Morgan fingerprint density at radius 2 is 2.00 bits per heavy atom. The first-order valence-corrected chi connectivity index (χ1v) is 9.97. The van der Waals surface area contributed by atoms with Crippen molar-refractivity contribution in [1.82, 2.24) is 19.5 Å². The van der Waals surface area contributed by atoms with E-state index in [0.29, 0.717) is 41.7 Å². The minimum atomic E-state index is -0.241. The molecule has 142 valence electrons. The molecule has 3 aromatic rings. The van der Waals surface area contributed by atoms with Crippen LogP contribution in [-0.2, 0) is 4.79 Å². The molecule has 4 rings (SSSR count).